The molecule has 0 bridgehead atoms. The predicted octanol–water partition coefficient (Wildman–Crippen LogP) is 3.62. The molecule has 0 aliphatic rings. The molecule has 2 aromatic carbocycles. The molecule has 0 aliphatic carbocycles. The zero-order valence-electron chi connectivity index (χ0n) is 11.2. The Morgan fingerprint density at radius 1 is 1.19 bits per heavy atom. The zero-order valence-corrected chi connectivity index (χ0v) is 12.8. The molecule has 0 fully saturated rings. The van der Waals surface area contributed by atoms with Gasteiger partial charge in [0.15, 0.2) is 11.5 Å². The molecule has 6 nitrogen and oxygen atoms in total. The minimum absolute atomic E-state index is 0.0611. The van der Waals surface area contributed by atoms with Crippen LogP contribution in [0.15, 0.2) is 40.9 Å². The first-order chi connectivity index (χ1) is 10.0. The van der Waals surface area contributed by atoms with Crippen LogP contribution in [0.25, 0.3) is 0 Å². The van der Waals surface area contributed by atoms with Crippen molar-refractivity contribution in [2.24, 2.45) is 5.73 Å². The first kappa shape index (κ1) is 15.3. The molecule has 0 heterocycles. The van der Waals surface area contributed by atoms with Crippen molar-refractivity contribution in [1.82, 2.24) is 0 Å². The van der Waals surface area contributed by atoms with E-state index in [0.717, 1.165) is 10.0 Å². The predicted molar refractivity (Wildman–Crippen MR) is 81.8 cm³/mol. The number of halogens is 1. The van der Waals surface area contributed by atoms with Crippen molar-refractivity contribution in [2.75, 3.05) is 7.11 Å². The van der Waals surface area contributed by atoms with E-state index < -0.39 is 4.92 Å². The number of hydrogen-bond acceptors (Lipinski definition) is 5. The van der Waals surface area contributed by atoms with Crippen LogP contribution in [0.4, 0.5) is 5.69 Å². The van der Waals surface area contributed by atoms with E-state index >= 15 is 0 Å². The Morgan fingerprint density at radius 3 is 2.52 bits per heavy atom. The van der Waals surface area contributed by atoms with Crippen molar-refractivity contribution in [1.29, 1.82) is 0 Å². The molecule has 0 aromatic heterocycles. The van der Waals surface area contributed by atoms with Crippen LogP contribution in [0, 0.1) is 10.1 Å². The van der Waals surface area contributed by atoms with Crippen LogP contribution in [-0.4, -0.2) is 12.0 Å². The van der Waals surface area contributed by atoms with Gasteiger partial charge in [-0.05, 0) is 24.3 Å². The van der Waals surface area contributed by atoms with Crippen molar-refractivity contribution in [3.05, 3.63) is 56.5 Å². The van der Waals surface area contributed by atoms with E-state index in [1.54, 1.807) is 6.07 Å². The van der Waals surface area contributed by atoms with Gasteiger partial charge in [0.25, 0.3) is 5.69 Å². The van der Waals surface area contributed by atoms with Crippen LogP contribution in [0.3, 0.4) is 0 Å². The van der Waals surface area contributed by atoms with Gasteiger partial charge in [0.2, 0.25) is 0 Å². The van der Waals surface area contributed by atoms with Crippen molar-refractivity contribution < 1.29 is 14.4 Å². The molecular weight excluding hydrogens is 340 g/mol. The fourth-order valence-corrected chi connectivity index (χ4v) is 2.19. The Bertz CT molecular complexity index is 676. The molecule has 0 amide bonds. The Morgan fingerprint density at radius 2 is 1.90 bits per heavy atom. The average molecular weight is 353 g/mol. The van der Waals surface area contributed by atoms with Gasteiger partial charge in [0.1, 0.15) is 5.75 Å². The molecule has 0 saturated carbocycles. The molecule has 2 N–H and O–H groups in total. The van der Waals surface area contributed by atoms with Crippen LogP contribution in [0.1, 0.15) is 5.56 Å². The van der Waals surface area contributed by atoms with E-state index in [9.17, 15) is 10.1 Å². The number of nitrogens with two attached hydrogens (primary N) is 1. The normalized spacial score (nSPS) is 10.2. The molecular formula is C14H13BrN2O4. The maximum atomic E-state index is 10.8. The van der Waals surface area contributed by atoms with Gasteiger partial charge >= 0.3 is 0 Å². The molecule has 0 aliphatic heterocycles. The minimum Gasteiger partial charge on any atom is -0.493 e. The summed E-state index contributed by atoms with van der Waals surface area (Å²) in [5.74, 6) is 1.25. The third-order valence-electron chi connectivity index (χ3n) is 2.82. The smallest absolute Gasteiger partial charge is 0.273 e. The van der Waals surface area contributed by atoms with Crippen molar-refractivity contribution in [2.45, 2.75) is 6.54 Å². The highest BCUT2D eigenvalue weighted by Gasteiger charge is 2.14. The molecule has 2 rings (SSSR count). The van der Waals surface area contributed by atoms with Crippen LogP contribution in [0.2, 0.25) is 0 Å². The van der Waals surface area contributed by atoms with Crippen LogP contribution in [-0.2, 0) is 6.54 Å². The number of nitro benzene ring substituents is 1. The first-order valence-corrected chi connectivity index (χ1v) is 6.83. The molecule has 21 heavy (non-hydrogen) atoms. The summed E-state index contributed by atoms with van der Waals surface area (Å²) < 4.78 is 11.8. The quantitative estimate of drug-likeness (QED) is 0.655. The molecule has 0 atom stereocenters. The van der Waals surface area contributed by atoms with E-state index in [0.29, 0.717) is 18.0 Å². The molecule has 7 heteroatoms. The highest BCUT2D eigenvalue weighted by Crippen LogP contribution is 2.36. The van der Waals surface area contributed by atoms with E-state index in [1.807, 2.05) is 12.1 Å². The zero-order chi connectivity index (χ0) is 15.4. The summed E-state index contributed by atoms with van der Waals surface area (Å²) in [4.78, 5) is 10.3. The van der Waals surface area contributed by atoms with Gasteiger partial charge in [-0.15, -0.1) is 0 Å². The van der Waals surface area contributed by atoms with E-state index in [4.69, 9.17) is 15.2 Å². The number of non-ortho nitro benzene ring substituents is 1. The maximum absolute atomic E-state index is 10.8. The van der Waals surface area contributed by atoms with E-state index in [-0.39, 0.29) is 11.4 Å². The topological polar surface area (TPSA) is 87.6 Å². The summed E-state index contributed by atoms with van der Waals surface area (Å²) in [7, 11) is 1.43. The van der Waals surface area contributed by atoms with E-state index in [1.165, 1.54) is 25.3 Å². The largest absolute Gasteiger partial charge is 0.493 e. The molecule has 0 saturated heterocycles. The summed E-state index contributed by atoms with van der Waals surface area (Å²) >= 11 is 3.37. The lowest BCUT2D eigenvalue weighted by Gasteiger charge is -2.13. The van der Waals surface area contributed by atoms with Gasteiger partial charge in [0.05, 0.1) is 18.1 Å². The van der Waals surface area contributed by atoms with Crippen LogP contribution in [0.5, 0.6) is 17.2 Å². The summed E-state index contributed by atoms with van der Waals surface area (Å²) in [6.07, 6.45) is 0. The van der Waals surface area contributed by atoms with E-state index in [2.05, 4.69) is 15.9 Å². The Balaban J connectivity index is 2.37. The Hall–Kier alpha value is -2.12. The van der Waals surface area contributed by atoms with Gasteiger partial charge in [-0.3, -0.25) is 10.1 Å². The van der Waals surface area contributed by atoms with Gasteiger partial charge in [-0.1, -0.05) is 15.9 Å². The third-order valence-corrected chi connectivity index (χ3v) is 3.31. The lowest BCUT2D eigenvalue weighted by Crippen LogP contribution is -2.00. The Labute approximate surface area is 129 Å². The van der Waals surface area contributed by atoms with Gasteiger partial charge in [-0.25, -0.2) is 0 Å². The SMILES string of the molecule is COc1cc([N+](=O)[O-])ccc1Oc1ccc(Br)cc1CN. The minimum atomic E-state index is -0.489. The second-order valence-electron chi connectivity index (χ2n) is 4.15. The number of ether oxygens (including phenoxy) is 2. The summed E-state index contributed by atoms with van der Waals surface area (Å²) in [6, 6.07) is 9.63. The van der Waals surface area contributed by atoms with Crippen LogP contribution >= 0.6 is 15.9 Å². The number of nitrogens with zero attached hydrogens (tertiary/aromatic N) is 1. The summed E-state index contributed by atoms with van der Waals surface area (Å²) in [5.41, 5.74) is 6.44. The number of benzene rings is 2. The summed E-state index contributed by atoms with van der Waals surface area (Å²) in [6.45, 7) is 0.310. The fraction of sp³-hybridized carbons (Fsp3) is 0.143. The van der Waals surface area contributed by atoms with Crippen molar-refractivity contribution in [3.8, 4) is 17.2 Å². The second-order valence-corrected chi connectivity index (χ2v) is 5.07. The number of hydrogen-bond donors (Lipinski definition) is 1. The molecule has 0 spiro atoms. The number of nitro groups is 1. The fourth-order valence-electron chi connectivity index (χ4n) is 1.78. The standard InChI is InChI=1S/C14H13BrN2O4/c1-20-14-7-11(17(18)19)3-5-13(14)21-12-4-2-10(15)6-9(12)8-16/h2-7H,8,16H2,1H3. The average Bonchev–Trinajstić information content (AvgIpc) is 2.49. The van der Waals surface area contributed by atoms with Gasteiger partial charge in [0, 0.05) is 22.6 Å². The van der Waals surface area contributed by atoms with Crippen molar-refractivity contribution >= 4 is 21.6 Å². The highest BCUT2D eigenvalue weighted by molar-refractivity contribution is 9.10. The maximum Gasteiger partial charge on any atom is 0.273 e. The Kier molecular flexibility index (Phi) is 4.77. The first-order valence-electron chi connectivity index (χ1n) is 6.04. The monoisotopic (exact) mass is 352 g/mol. The number of methoxy groups -OCH3 is 1. The molecule has 2 aromatic rings. The van der Waals surface area contributed by atoms with Crippen molar-refractivity contribution in [3.63, 3.8) is 0 Å². The lowest BCUT2D eigenvalue weighted by molar-refractivity contribution is -0.384. The second kappa shape index (κ2) is 6.55. The van der Waals surface area contributed by atoms with Gasteiger partial charge in [-0.2, -0.15) is 0 Å². The number of rotatable bonds is 5. The summed E-state index contributed by atoms with van der Waals surface area (Å²) in [5, 5.41) is 10.8. The van der Waals surface area contributed by atoms with Crippen LogP contribution < -0.4 is 15.2 Å². The lowest BCUT2D eigenvalue weighted by atomic mass is 10.2. The molecule has 110 valence electrons. The molecule has 0 unspecified atom stereocenters. The van der Waals surface area contributed by atoms with Gasteiger partial charge < -0.3 is 15.2 Å². The highest BCUT2D eigenvalue weighted by atomic mass is 79.9. The molecule has 0 radical (unpaired) electrons. The third kappa shape index (κ3) is 3.50.